The Bertz CT molecular complexity index is 634. The van der Waals surface area contributed by atoms with Crippen molar-refractivity contribution in [2.75, 3.05) is 13.1 Å². The Morgan fingerprint density at radius 1 is 1.26 bits per heavy atom. The number of nitrogens with one attached hydrogen (secondary N) is 1. The number of amides is 2. The molecule has 2 aromatic rings. The summed E-state index contributed by atoms with van der Waals surface area (Å²) in [6.07, 6.45) is 2.43. The largest absolute Gasteiger partial charge is 0.392 e. The fourth-order valence-electron chi connectivity index (χ4n) is 2.69. The standard InChI is InChI=1S/C18H27N3O2/c1-14(2)21(13-15(3)22)18(23)19-10-6-11-20-12-9-16-7-4-5-8-17(16)20/h4-5,7-9,12,14-15,22H,6,10-11,13H2,1-3H3,(H,19,23). The quantitative estimate of drug-likeness (QED) is 0.772. The summed E-state index contributed by atoms with van der Waals surface area (Å²) in [5.74, 6) is 0. The first-order chi connectivity index (χ1) is 11.0. The highest BCUT2D eigenvalue weighted by Gasteiger charge is 2.17. The average Bonchev–Trinajstić information content (AvgIpc) is 2.92. The molecule has 0 spiro atoms. The highest BCUT2D eigenvalue weighted by atomic mass is 16.3. The third-order valence-electron chi connectivity index (χ3n) is 3.88. The maximum Gasteiger partial charge on any atom is 0.317 e. The summed E-state index contributed by atoms with van der Waals surface area (Å²) in [5.41, 5.74) is 1.22. The molecule has 1 heterocycles. The Hall–Kier alpha value is -2.01. The highest BCUT2D eigenvalue weighted by Crippen LogP contribution is 2.15. The molecule has 1 aromatic heterocycles. The lowest BCUT2D eigenvalue weighted by atomic mass is 10.2. The molecule has 23 heavy (non-hydrogen) atoms. The van der Waals surface area contributed by atoms with Gasteiger partial charge in [0.2, 0.25) is 0 Å². The molecule has 2 N–H and O–H groups in total. The van der Waals surface area contributed by atoms with Crippen LogP contribution in [0, 0.1) is 0 Å². The van der Waals surface area contributed by atoms with E-state index in [9.17, 15) is 9.90 Å². The summed E-state index contributed by atoms with van der Waals surface area (Å²) >= 11 is 0. The maximum absolute atomic E-state index is 12.2. The predicted molar refractivity (Wildman–Crippen MR) is 93.5 cm³/mol. The number of rotatable bonds is 7. The van der Waals surface area contributed by atoms with Crippen LogP contribution in [0.5, 0.6) is 0 Å². The van der Waals surface area contributed by atoms with Crippen LogP contribution in [0.1, 0.15) is 27.2 Å². The minimum Gasteiger partial charge on any atom is -0.392 e. The number of para-hydroxylation sites is 1. The number of benzene rings is 1. The molecular weight excluding hydrogens is 290 g/mol. The van der Waals surface area contributed by atoms with Crippen molar-refractivity contribution in [2.45, 2.75) is 45.9 Å². The summed E-state index contributed by atoms with van der Waals surface area (Å²) in [5, 5.41) is 13.7. The van der Waals surface area contributed by atoms with Crippen molar-refractivity contribution in [1.82, 2.24) is 14.8 Å². The smallest absolute Gasteiger partial charge is 0.317 e. The number of aromatic nitrogens is 1. The van der Waals surface area contributed by atoms with Crippen molar-refractivity contribution in [2.24, 2.45) is 0 Å². The fourth-order valence-corrected chi connectivity index (χ4v) is 2.69. The van der Waals surface area contributed by atoms with E-state index in [2.05, 4.69) is 34.3 Å². The van der Waals surface area contributed by atoms with Gasteiger partial charge in [0.15, 0.2) is 0 Å². The summed E-state index contributed by atoms with van der Waals surface area (Å²) in [4.78, 5) is 13.9. The van der Waals surface area contributed by atoms with E-state index < -0.39 is 6.10 Å². The molecule has 5 heteroatoms. The second-order valence-corrected chi connectivity index (χ2v) is 6.25. The molecular formula is C18H27N3O2. The van der Waals surface area contributed by atoms with Gasteiger partial charge in [-0.2, -0.15) is 0 Å². The molecule has 1 atom stereocenters. The number of aliphatic hydroxyl groups is 1. The monoisotopic (exact) mass is 317 g/mol. The van der Waals surface area contributed by atoms with Gasteiger partial charge in [-0.1, -0.05) is 18.2 Å². The normalized spacial score (nSPS) is 12.6. The predicted octanol–water partition coefficient (Wildman–Crippen LogP) is 2.83. The molecule has 0 aliphatic heterocycles. The van der Waals surface area contributed by atoms with Gasteiger partial charge in [-0.3, -0.25) is 0 Å². The van der Waals surface area contributed by atoms with Crippen LogP contribution in [-0.2, 0) is 6.54 Å². The number of hydrogen-bond acceptors (Lipinski definition) is 2. The molecule has 1 unspecified atom stereocenters. The van der Waals surface area contributed by atoms with E-state index in [4.69, 9.17) is 0 Å². The van der Waals surface area contributed by atoms with Gasteiger partial charge in [0, 0.05) is 37.4 Å². The first-order valence-corrected chi connectivity index (χ1v) is 8.25. The first kappa shape index (κ1) is 17.3. The average molecular weight is 317 g/mol. The molecule has 126 valence electrons. The SMILES string of the molecule is CC(O)CN(C(=O)NCCCn1ccc2ccccc21)C(C)C. The van der Waals surface area contributed by atoms with Gasteiger partial charge >= 0.3 is 6.03 Å². The van der Waals surface area contributed by atoms with Gasteiger partial charge < -0.3 is 19.9 Å². The minimum atomic E-state index is -0.519. The molecule has 0 bridgehead atoms. The maximum atomic E-state index is 12.2. The second-order valence-electron chi connectivity index (χ2n) is 6.25. The Labute approximate surface area is 137 Å². The van der Waals surface area contributed by atoms with Crippen molar-refractivity contribution in [1.29, 1.82) is 0 Å². The van der Waals surface area contributed by atoms with Crippen molar-refractivity contribution in [3.8, 4) is 0 Å². The van der Waals surface area contributed by atoms with Crippen molar-refractivity contribution < 1.29 is 9.90 Å². The van der Waals surface area contributed by atoms with Crippen LogP contribution in [0.15, 0.2) is 36.5 Å². The number of nitrogens with zero attached hydrogens (tertiary/aromatic N) is 2. The molecule has 0 saturated carbocycles. The van der Waals surface area contributed by atoms with Gasteiger partial charge in [0.25, 0.3) is 0 Å². The summed E-state index contributed by atoms with van der Waals surface area (Å²) in [7, 11) is 0. The van der Waals surface area contributed by atoms with E-state index in [0.717, 1.165) is 13.0 Å². The molecule has 0 aliphatic rings. The number of fused-ring (bicyclic) bond motifs is 1. The van der Waals surface area contributed by atoms with Crippen LogP contribution in [0.4, 0.5) is 4.79 Å². The Kier molecular flexibility index (Phi) is 6.04. The number of aryl methyl sites for hydroxylation is 1. The van der Waals surface area contributed by atoms with Gasteiger partial charge in [0.05, 0.1) is 6.10 Å². The summed E-state index contributed by atoms with van der Waals surface area (Å²) in [6, 6.07) is 10.3. The minimum absolute atomic E-state index is 0.0676. The number of urea groups is 1. The van der Waals surface area contributed by atoms with Gasteiger partial charge in [0.1, 0.15) is 0 Å². The molecule has 0 radical (unpaired) electrons. The zero-order valence-corrected chi connectivity index (χ0v) is 14.2. The molecule has 2 amide bonds. The van der Waals surface area contributed by atoms with Crippen LogP contribution in [-0.4, -0.2) is 45.8 Å². The van der Waals surface area contributed by atoms with E-state index in [-0.39, 0.29) is 12.1 Å². The second kappa shape index (κ2) is 8.02. The van der Waals surface area contributed by atoms with E-state index in [1.807, 2.05) is 26.0 Å². The number of carbonyl (C=O) groups excluding carboxylic acids is 1. The van der Waals surface area contributed by atoms with Crippen LogP contribution in [0.3, 0.4) is 0 Å². The third kappa shape index (κ3) is 4.73. The summed E-state index contributed by atoms with van der Waals surface area (Å²) < 4.78 is 2.21. The molecule has 0 aliphatic carbocycles. The molecule has 2 rings (SSSR count). The Morgan fingerprint density at radius 2 is 2.00 bits per heavy atom. The zero-order chi connectivity index (χ0) is 16.8. The van der Waals surface area contributed by atoms with Crippen LogP contribution >= 0.6 is 0 Å². The third-order valence-corrected chi connectivity index (χ3v) is 3.88. The Morgan fingerprint density at radius 3 is 2.70 bits per heavy atom. The zero-order valence-electron chi connectivity index (χ0n) is 14.2. The van der Waals surface area contributed by atoms with E-state index in [1.54, 1.807) is 11.8 Å². The van der Waals surface area contributed by atoms with Crippen LogP contribution in [0.2, 0.25) is 0 Å². The lowest BCUT2D eigenvalue weighted by Crippen LogP contribution is -2.47. The molecule has 0 fully saturated rings. The molecule has 0 saturated heterocycles. The Balaban J connectivity index is 1.81. The molecule has 5 nitrogen and oxygen atoms in total. The van der Waals surface area contributed by atoms with E-state index in [1.165, 1.54) is 10.9 Å². The van der Waals surface area contributed by atoms with E-state index in [0.29, 0.717) is 13.1 Å². The number of hydrogen-bond donors (Lipinski definition) is 2. The topological polar surface area (TPSA) is 57.5 Å². The van der Waals surface area contributed by atoms with Crippen LogP contribution in [0.25, 0.3) is 10.9 Å². The van der Waals surface area contributed by atoms with E-state index >= 15 is 0 Å². The van der Waals surface area contributed by atoms with Crippen LogP contribution < -0.4 is 5.32 Å². The fraction of sp³-hybridized carbons (Fsp3) is 0.500. The lowest BCUT2D eigenvalue weighted by molar-refractivity contribution is 0.119. The van der Waals surface area contributed by atoms with Crippen molar-refractivity contribution in [3.05, 3.63) is 36.5 Å². The lowest BCUT2D eigenvalue weighted by Gasteiger charge is -2.28. The number of carbonyl (C=O) groups is 1. The van der Waals surface area contributed by atoms with Crippen molar-refractivity contribution >= 4 is 16.9 Å². The van der Waals surface area contributed by atoms with Crippen molar-refractivity contribution in [3.63, 3.8) is 0 Å². The van der Waals surface area contributed by atoms with Gasteiger partial charge in [-0.05, 0) is 44.7 Å². The highest BCUT2D eigenvalue weighted by molar-refractivity contribution is 5.79. The molecule has 1 aromatic carbocycles. The number of aliphatic hydroxyl groups excluding tert-OH is 1. The van der Waals surface area contributed by atoms with Gasteiger partial charge in [-0.15, -0.1) is 0 Å². The first-order valence-electron chi connectivity index (χ1n) is 8.25. The summed E-state index contributed by atoms with van der Waals surface area (Å²) in [6.45, 7) is 7.44. The van der Waals surface area contributed by atoms with Gasteiger partial charge in [-0.25, -0.2) is 4.79 Å².